The molecule has 2 aromatic rings. The van der Waals surface area contributed by atoms with Crippen molar-refractivity contribution in [1.82, 2.24) is 10.2 Å². The second-order valence-electron chi connectivity index (χ2n) is 6.03. The van der Waals surface area contributed by atoms with Gasteiger partial charge in [0.1, 0.15) is 5.76 Å². The van der Waals surface area contributed by atoms with E-state index in [0.717, 1.165) is 24.4 Å². The first kappa shape index (κ1) is 21.2. The van der Waals surface area contributed by atoms with Crippen LogP contribution in [0.15, 0.2) is 64.2 Å². The summed E-state index contributed by atoms with van der Waals surface area (Å²) in [6.07, 6.45) is 1.70. The summed E-state index contributed by atoms with van der Waals surface area (Å²) in [5.41, 5.74) is 9.32. The lowest BCUT2D eigenvalue weighted by Crippen LogP contribution is -2.32. The van der Waals surface area contributed by atoms with Crippen LogP contribution in [0.1, 0.15) is 23.8 Å². The van der Waals surface area contributed by atoms with E-state index in [1.54, 1.807) is 6.26 Å². The molecule has 0 aliphatic heterocycles. The fraction of sp³-hybridized carbons (Fsp3) is 0.316. The Morgan fingerprint density at radius 3 is 2.56 bits per heavy atom. The van der Waals surface area contributed by atoms with Crippen LogP contribution in [0.4, 0.5) is 0 Å². The van der Waals surface area contributed by atoms with E-state index in [2.05, 4.69) is 41.0 Å². The minimum absolute atomic E-state index is 0. The van der Waals surface area contributed by atoms with Gasteiger partial charge in [0, 0.05) is 13.1 Å². The number of guanidine groups is 1. The molecule has 0 atom stereocenters. The van der Waals surface area contributed by atoms with Gasteiger partial charge in [-0.05, 0) is 37.2 Å². The number of furan rings is 1. The van der Waals surface area contributed by atoms with Gasteiger partial charge in [0.25, 0.3) is 0 Å². The van der Waals surface area contributed by atoms with E-state index >= 15 is 0 Å². The molecule has 0 unspecified atom stereocenters. The molecule has 1 aromatic heterocycles. The molecule has 2 rings (SSSR count). The lowest BCUT2D eigenvalue weighted by atomic mass is 10.1. The molecule has 5 nitrogen and oxygen atoms in total. The molecule has 0 bridgehead atoms. The van der Waals surface area contributed by atoms with Crippen molar-refractivity contribution < 1.29 is 4.42 Å². The first-order valence-electron chi connectivity index (χ1n) is 8.00. The molecule has 0 aliphatic rings. The predicted molar refractivity (Wildman–Crippen MR) is 114 cm³/mol. The van der Waals surface area contributed by atoms with Crippen LogP contribution >= 0.6 is 24.0 Å². The minimum atomic E-state index is 0. The molecule has 6 heteroatoms. The lowest BCUT2D eigenvalue weighted by Gasteiger charge is -2.17. The summed E-state index contributed by atoms with van der Waals surface area (Å²) >= 11 is 0. The van der Waals surface area contributed by atoms with Crippen LogP contribution in [0.3, 0.4) is 0 Å². The van der Waals surface area contributed by atoms with E-state index < -0.39 is 0 Å². The molecule has 0 aliphatic carbocycles. The van der Waals surface area contributed by atoms with Crippen molar-refractivity contribution in [2.75, 3.05) is 13.6 Å². The van der Waals surface area contributed by atoms with Gasteiger partial charge in [-0.1, -0.05) is 36.4 Å². The van der Waals surface area contributed by atoms with Gasteiger partial charge < -0.3 is 15.5 Å². The Balaban J connectivity index is 0.00000312. The van der Waals surface area contributed by atoms with Crippen molar-refractivity contribution >= 4 is 29.9 Å². The summed E-state index contributed by atoms with van der Waals surface area (Å²) in [4.78, 5) is 6.63. The van der Waals surface area contributed by atoms with Crippen molar-refractivity contribution in [2.24, 2.45) is 10.7 Å². The molecular weight excluding hydrogens is 427 g/mol. The van der Waals surface area contributed by atoms with E-state index in [4.69, 9.17) is 10.2 Å². The molecule has 136 valence electrons. The highest BCUT2D eigenvalue weighted by Gasteiger charge is 2.07. The maximum atomic E-state index is 5.89. The molecule has 0 spiro atoms. The molecule has 25 heavy (non-hydrogen) atoms. The van der Waals surface area contributed by atoms with Crippen molar-refractivity contribution in [3.63, 3.8) is 0 Å². The van der Waals surface area contributed by atoms with Crippen LogP contribution in [0.5, 0.6) is 0 Å². The first-order chi connectivity index (χ1) is 11.5. The molecule has 0 saturated carbocycles. The van der Waals surface area contributed by atoms with Gasteiger partial charge in [0.2, 0.25) is 0 Å². The molecule has 0 fully saturated rings. The summed E-state index contributed by atoms with van der Waals surface area (Å²) < 4.78 is 5.40. The normalized spacial score (nSPS) is 11.2. The maximum Gasteiger partial charge on any atom is 0.189 e. The Labute approximate surface area is 167 Å². The molecular formula is C19H27IN4O. The number of rotatable bonds is 8. The number of nitrogens with zero attached hydrogens (tertiary/aromatic N) is 2. The van der Waals surface area contributed by atoms with Gasteiger partial charge in [-0.25, -0.2) is 4.99 Å². The standard InChI is InChI=1S/C19H26N4O.HI/c1-15(2)11-21-19(20)22-12-16-7-4-5-8-17(16)13-23(3)14-18-9-6-10-24-18;/h4-10H,1,11-14H2,2-3H3,(H3,20,21,22);1H. The first-order valence-corrected chi connectivity index (χ1v) is 8.00. The second-order valence-corrected chi connectivity index (χ2v) is 6.03. The fourth-order valence-corrected chi connectivity index (χ4v) is 2.35. The average Bonchev–Trinajstić information content (AvgIpc) is 3.04. The zero-order valence-electron chi connectivity index (χ0n) is 14.9. The van der Waals surface area contributed by atoms with Gasteiger partial charge in [-0.3, -0.25) is 4.90 Å². The topological polar surface area (TPSA) is 66.8 Å². The molecule has 0 saturated heterocycles. The highest BCUT2D eigenvalue weighted by molar-refractivity contribution is 14.0. The monoisotopic (exact) mass is 454 g/mol. The highest BCUT2D eigenvalue weighted by atomic mass is 127. The molecule has 0 radical (unpaired) electrons. The largest absolute Gasteiger partial charge is 0.468 e. The van der Waals surface area contributed by atoms with Crippen molar-refractivity contribution in [1.29, 1.82) is 0 Å². The van der Waals surface area contributed by atoms with E-state index in [-0.39, 0.29) is 24.0 Å². The average molecular weight is 454 g/mol. The Hall–Kier alpha value is -1.80. The summed E-state index contributed by atoms with van der Waals surface area (Å²) in [6.45, 7) is 8.58. The fourth-order valence-electron chi connectivity index (χ4n) is 2.35. The van der Waals surface area contributed by atoms with Crippen LogP contribution in [-0.2, 0) is 19.6 Å². The van der Waals surface area contributed by atoms with E-state index in [1.165, 1.54) is 11.1 Å². The number of hydrogen-bond donors (Lipinski definition) is 2. The molecule has 1 aromatic carbocycles. The maximum absolute atomic E-state index is 5.89. The van der Waals surface area contributed by atoms with Crippen LogP contribution in [-0.4, -0.2) is 24.5 Å². The van der Waals surface area contributed by atoms with Crippen molar-refractivity contribution in [2.45, 2.75) is 26.6 Å². The number of nitrogens with two attached hydrogens (primary N) is 1. The Morgan fingerprint density at radius 1 is 1.20 bits per heavy atom. The molecule has 3 N–H and O–H groups in total. The lowest BCUT2D eigenvalue weighted by molar-refractivity contribution is 0.287. The third-order valence-electron chi connectivity index (χ3n) is 3.56. The van der Waals surface area contributed by atoms with Gasteiger partial charge in [-0.15, -0.1) is 24.0 Å². The number of aliphatic imine (C=N–C) groups is 1. The Kier molecular flexibility index (Phi) is 9.30. The summed E-state index contributed by atoms with van der Waals surface area (Å²) in [7, 11) is 2.07. The zero-order valence-corrected chi connectivity index (χ0v) is 17.2. The quantitative estimate of drug-likeness (QED) is 0.277. The minimum Gasteiger partial charge on any atom is -0.468 e. The van der Waals surface area contributed by atoms with Gasteiger partial charge in [0.15, 0.2) is 5.96 Å². The summed E-state index contributed by atoms with van der Waals surface area (Å²) in [5, 5.41) is 3.05. The third-order valence-corrected chi connectivity index (χ3v) is 3.56. The van der Waals surface area contributed by atoms with Crippen LogP contribution in [0.25, 0.3) is 0 Å². The Bertz CT molecular complexity index is 682. The van der Waals surface area contributed by atoms with Gasteiger partial charge >= 0.3 is 0 Å². The second kappa shape index (κ2) is 10.9. The SMILES string of the molecule is C=C(C)CNC(N)=NCc1ccccc1CN(C)Cc1ccco1.I. The number of hydrogen-bond acceptors (Lipinski definition) is 3. The number of benzene rings is 1. The van der Waals surface area contributed by atoms with Crippen LogP contribution in [0, 0.1) is 0 Å². The predicted octanol–water partition coefficient (Wildman–Crippen LogP) is 3.51. The number of halogens is 1. The third kappa shape index (κ3) is 7.74. The highest BCUT2D eigenvalue weighted by Crippen LogP contribution is 2.14. The van der Waals surface area contributed by atoms with Gasteiger partial charge in [-0.2, -0.15) is 0 Å². The summed E-state index contributed by atoms with van der Waals surface area (Å²) in [5.74, 6) is 1.40. The van der Waals surface area contributed by atoms with Crippen molar-refractivity contribution in [3.05, 3.63) is 71.7 Å². The zero-order chi connectivity index (χ0) is 17.4. The summed E-state index contributed by atoms with van der Waals surface area (Å²) in [6, 6.07) is 12.2. The molecule has 0 amide bonds. The van der Waals surface area contributed by atoms with Gasteiger partial charge in [0.05, 0.1) is 19.4 Å². The van der Waals surface area contributed by atoms with Crippen molar-refractivity contribution in [3.8, 4) is 0 Å². The molecule has 1 heterocycles. The van der Waals surface area contributed by atoms with E-state index in [1.807, 2.05) is 31.2 Å². The van der Waals surface area contributed by atoms with Crippen LogP contribution < -0.4 is 11.1 Å². The number of nitrogens with one attached hydrogen (secondary N) is 1. The van der Waals surface area contributed by atoms with E-state index in [0.29, 0.717) is 19.0 Å². The van der Waals surface area contributed by atoms with E-state index in [9.17, 15) is 0 Å². The smallest absolute Gasteiger partial charge is 0.189 e. The Morgan fingerprint density at radius 2 is 1.92 bits per heavy atom. The van der Waals surface area contributed by atoms with Crippen LogP contribution in [0.2, 0.25) is 0 Å².